The summed E-state index contributed by atoms with van der Waals surface area (Å²) < 4.78 is 9.34. The van der Waals surface area contributed by atoms with Crippen molar-refractivity contribution < 1.29 is 0 Å². The van der Waals surface area contributed by atoms with Crippen LogP contribution in [0.4, 0.5) is 0 Å². The van der Waals surface area contributed by atoms with Crippen molar-refractivity contribution in [3.05, 3.63) is 45.1 Å². The van der Waals surface area contributed by atoms with Crippen molar-refractivity contribution in [3.8, 4) is 0 Å². The van der Waals surface area contributed by atoms with Crippen molar-refractivity contribution in [2.24, 2.45) is 0 Å². The van der Waals surface area contributed by atoms with Gasteiger partial charge in [0, 0.05) is 9.50 Å². The first kappa shape index (κ1) is 13.9. The zero-order valence-corrected chi connectivity index (χ0v) is 13.0. The lowest BCUT2D eigenvalue weighted by Gasteiger charge is -2.16. The second-order valence-corrected chi connectivity index (χ2v) is 5.76. The van der Waals surface area contributed by atoms with E-state index in [2.05, 4.69) is 36.9 Å². The Hall–Kier alpha value is -0.490. The highest BCUT2D eigenvalue weighted by atomic mass is 79.9. The minimum atomic E-state index is 0.160. The third kappa shape index (κ3) is 3.51. The fraction of sp³-hybridized carbons (Fsp3) is 0.333. The summed E-state index contributed by atoms with van der Waals surface area (Å²) in [5, 5.41) is 4.18. The van der Waals surface area contributed by atoms with Gasteiger partial charge in [0.05, 0.1) is 29.7 Å². The van der Waals surface area contributed by atoms with Crippen molar-refractivity contribution in [1.82, 2.24) is 14.1 Å². The first-order valence-electron chi connectivity index (χ1n) is 5.65. The van der Waals surface area contributed by atoms with E-state index in [1.54, 1.807) is 0 Å². The molecule has 96 valence electrons. The van der Waals surface area contributed by atoms with Gasteiger partial charge in [0.1, 0.15) is 0 Å². The van der Waals surface area contributed by atoms with E-state index in [4.69, 9.17) is 11.6 Å². The number of nitrogens with one attached hydrogen (secondary N) is 1. The van der Waals surface area contributed by atoms with E-state index >= 15 is 0 Å². The molecule has 0 saturated carbocycles. The molecule has 0 amide bonds. The molecule has 3 nitrogen and oxygen atoms in total. The van der Waals surface area contributed by atoms with E-state index in [1.165, 1.54) is 11.7 Å². The molecule has 0 aliphatic rings. The van der Waals surface area contributed by atoms with Gasteiger partial charge in [-0.1, -0.05) is 40.5 Å². The van der Waals surface area contributed by atoms with Gasteiger partial charge in [-0.25, -0.2) is 0 Å². The Balaban J connectivity index is 2.18. The SMILES string of the molecule is CCNC(Cc1ccc(Br)cc1Cl)c1cnsn1. The lowest BCUT2D eigenvalue weighted by Crippen LogP contribution is -2.23. The van der Waals surface area contributed by atoms with Gasteiger partial charge < -0.3 is 5.32 Å². The standard InChI is InChI=1S/C12H13BrClN3S/c1-2-15-11(12-7-16-18-17-12)5-8-3-4-9(13)6-10(8)14/h3-4,6-7,11,15H,2,5H2,1H3. The van der Waals surface area contributed by atoms with Crippen molar-refractivity contribution in [1.29, 1.82) is 0 Å². The van der Waals surface area contributed by atoms with E-state index in [0.29, 0.717) is 0 Å². The van der Waals surface area contributed by atoms with E-state index in [0.717, 1.165) is 33.7 Å². The Kier molecular flexibility index (Phi) is 5.12. The van der Waals surface area contributed by atoms with Crippen molar-refractivity contribution in [2.75, 3.05) is 6.54 Å². The molecule has 1 unspecified atom stereocenters. The molecule has 0 aliphatic heterocycles. The molecule has 1 aromatic heterocycles. The lowest BCUT2D eigenvalue weighted by molar-refractivity contribution is 0.540. The molecule has 0 radical (unpaired) electrons. The Labute approximate surface area is 124 Å². The average molecular weight is 347 g/mol. The normalized spacial score (nSPS) is 12.6. The molecule has 0 aliphatic carbocycles. The summed E-state index contributed by atoms with van der Waals surface area (Å²) >= 11 is 10.9. The second kappa shape index (κ2) is 6.61. The molecule has 1 atom stereocenters. The molecule has 0 fully saturated rings. The minimum absolute atomic E-state index is 0.160. The van der Waals surface area contributed by atoms with Crippen LogP contribution in [0.2, 0.25) is 5.02 Å². The Morgan fingerprint density at radius 3 is 2.94 bits per heavy atom. The molecular weight excluding hydrogens is 334 g/mol. The zero-order chi connectivity index (χ0) is 13.0. The quantitative estimate of drug-likeness (QED) is 0.893. The molecule has 0 spiro atoms. The van der Waals surface area contributed by atoms with Crippen LogP contribution in [0.25, 0.3) is 0 Å². The maximum Gasteiger partial charge on any atom is 0.0915 e. The van der Waals surface area contributed by atoms with Gasteiger partial charge in [-0.2, -0.15) is 8.75 Å². The first-order chi connectivity index (χ1) is 8.70. The fourth-order valence-corrected chi connectivity index (χ4v) is 2.98. The molecular formula is C12H13BrClN3S. The molecule has 0 saturated heterocycles. The number of benzene rings is 1. The summed E-state index contributed by atoms with van der Waals surface area (Å²) in [5.74, 6) is 0. The topological polar surface area (TPSA) is 37.8 Å². The number of likely N-dealkylation sites (N-methyl/N-ethyl adjacent to an activating group) is 1. The molecule has 0 bridgehead atoms. The molecule has 1 heterocycles. The molecule has 6 heteroatoms. The van der Waals surface area contributed by atoms with E-state index in [1.807, 2.05) is 24.4 Å². The lowest BCUT2D eigenvalue weighted by atomic mass is 10.0. The highest BCUT2D eigenvalue weighted by molar-refractivity contribution is 9.10. The predicted octanol–water partition coefficient (Wildman–Crippen LogP) is 3.85. The number of hydrogen-bond donors (Lipinski definition) is 1. The summed E-state index contributed by atoms with van der Waals surface area (Å²) in [6.07, 6.45) is 2.62. The monoisotopic (exact) mass is 345 g/mol. The highest BCUT2D eigenvalue weighted by Crippen LogP contribution is 2.25. The number of aromatic nitrogens is 2. The van der Waals surface area contributed by atoms with Crippen LogP contribution in [0.3, 0.4) is 0 Å². The Bertz CT molecular complexity index is 504. The summed E-state index contributed by atoms with van der Waals surface area (Å²) in [4.78, 5) is 0. The molecule has 2 rings (SSSR count). The third-order valence-electron chi connectivity index (χ3n) is 2.63. The van der Waals surface area contributed by atoms with Gasteiger partial charge in [-0.15, -0.1) is 0 Å². The van der Waals surface area contributed by atoms with Crippen LogP contribution in [0.1, 0.15) is 24.2 Å². The minimum Gasteiger partial charge on any atom is -0.309 e. The summed E-state index contributed by atoms with van der Waals surface area (Å²) in [7, 11) is 0. The third-order valence-corrected chi connectivity index (χ3v) is 3.96. The van der Waals surface area contributed by atoms with Crippen LogP contribution in [0, 0.1) is 0 Å². The van der Waals surface area contributed by atoms with Gasteiger partial charge in [-0.3, -0.25) is 0 Å². The van der Waals surface area contributed by atoms with Gasteiger partial charge >= 0.3 is 0 Å². The maximum absolute atomic E-state index is 6.24. The smallest absolute Gasteiger partial charge is 0.0915 e. The van der Waals surface area contributed by atoms with Crippen LogP contribution in [-0.2, 0) is 6.42 Å². The summed E-state index contributed by atoms with van der Waals surface area (Å²) in [6, 6.07) is 6.12. The molecule has 2 aromatic rings. The number of hydrogen-bond acceptors (Lipinski definition) is 4. The largest absolute Gasteiger partial charge is 0.309 e. The fourth-order valence-electron chi connectivity index (χ4n) is 1.76. The van der Waals surface area contributed by atoms with E-state index in [-0.39, 0.29) is 6.04 Å². The van der Waals surface area contributed by atoms with E-state index < -0.39 is 0 Å². The van der Waals surface area contributed by atoms with Crippen molar-refractivity contribution in [3.63, 3.8) is 0 Å². The summed E-state index contributed by atoms with van der Waals surface area (Å²) in [5.41, 5.74) is 2.08. The molecule has 1 N–H and O–H groups in total. The van der Waals surface area contributed by atoms with Gasteiger partial charge in [0.15, 0.2) is 0 Å². The molecule has 18 heavy (non-hydrogen) atoms. The summed E-state index contributed by atoms with van der Waals surface area (Å²) in [6.45, 7) is 2.96. The van der Waals surface area contributed by atoms with Gasteiger partial charge in [0.25, 0.3) is 0 Å². The van der Waals surface area contributed by atoms with Crippen LogP contribution < -0.4 is 5.32 Å². The number of nitrogens with zero attached hydrogens (tertiary/aromatic N) is 2. The van der Waals surface area contributed by atoms with Crippen molar-refractivity contribution in [2.45, 2.75) is 19.4 Å². The zero-order valence-electron chi connectivity index (χ0n) is 9.86. The Morgan fingerprint density at radius 2 is 2.33 bits per heavy atom. The van der Waals surface area contributed by atoms with Gasteiger partial charge in [-0.05, 0) is 30.7 Å². The van der Waals surface area contributed by atoms with Crippen LogP contribution in [0.5, 0.6) is 0 Å². The van der Waals surface area contributed by atoms with Crippen LogP contribution >= 0.6 is 39.3 Å². The van der Waals surface area contributed by atoms with Crippen molar-refractivity contribution >= 4 is 39.3 Å². The first-order valence-corrected chi connectivity index (χ1v) is 7.55. The predicted molar refractivity (Wildman–Crippen MR) is 79.2 cm³/mol. The Morgan fingerprint density at radius 1 is 1.50 bits per heavy atom. The maximum atomic E-state index is 6.24. The average Bonchev–Trinajstić information content (AvgIpc) is 2.85. The van der Waals surface area contributed by atoms with E-state index in [9.17, 15) is 0 Å². The van der Waals surface area contributed by atoms with Crippen LogP contribution in [-0.4, -0.2) is 15.3 Å². The number of rotatable bonds is 5. The van der Waals surface area contributed by atoms with Gasteiger partial charge in [0.2, 0.25) is 0 Å². The molecule has 1 aromatic carbocycles. The second-order valence-electron chi connectivity index (χ2n) is 3.88. The number of halogens is 2. The highest BCUT2D eigenvalue weighted by Gasteiger charge is 2.15. The van der Waals surface area contributed by atoms with Crippen LogP contribution in [0.15, 0.2) is 28.9 Å².